The highest BCUT2D eigenvalue weighted by molar-refractivity contribution is 6.05. The maximum Gasteiger partial charge on any atom is 0.344 e. The van der Waals surface area contributed by atoms with Crippen LogP contribution in [0.15, 0.2) is 49.1 Å². The van der Waals surface area contributed by atoms with Crippen LogP contribution in [-0.2, 0) is 6.42 Å². The Hall–Kier alpha value is -3.08. The summed E-state index contributed by atoms with van der Waals surface area (Å²) < 4.78 is 10.6. The standard InChI is InChI=1S/C17H12O5/c1-2-5-12-13(18)8-9-14-15(12)22-17(20)11-7-4-3-6-10(11)16(19)21-14/h2-4,6-9,18H,1,5H2. The van der Waals surface area contributed by atoms with Gasteiger partial charge in [0.15, 0.2) is 11.5 Å². The Bertz CT molecular complexity index is 792. The first-order chi connectivity index (χ1) is 10.6. The average molecular weight is 296 g/mol. The summed E-state index contributed by atoms with van der Waals surface area (Å²) in [7, 11) is 0. The predicted octanol–water partition coefficient (Wildman–Crippen LogP) is 2.87. The normalized spacial score (nSPS) is 13.1. The number of hydrogen-bond donors (Lipinski definition) is 1. The fourth-order valence-corrected chi connectivity index (χ4v) is 2.27. The molecule has 1 aliphatic rings. The van der Waals surface area contributed by atoms with Crippen molar-refractivity contribution in [2.75, 3.05) is 0 Å². The number of phenols is 1. The van der Waals surface area contributed by atoms with E-state index < -0.39 is 11.9 Å². The van der Waals surface area contributed by atoms with Crippen molar-refractivity contribution in [3.8, 4) is 17.2 Å². The number of aromatic hydroxyl groups is 1. The number of ether oxygens (including phenoxy) is 2. The molecule has 0 spiro atoms. The number of hydrogen-bond acceptors (Lipinski definition) is 5. The van der Waals surface area contributed by atoms with E-state index >= 15 is 0 Å². The van der Waals surface area contributed by atoms with E-state index in [1.54, 1.807) is 18.2 Å². The van der Waals surface area contributed by atoms with Crippen molar-refractivity contribution in [2.24, 2.45) is 0 Å². The van der Waals surface area contributed by atoms with Gasteiger partial charge in [-0.25, -0.2) is 9.59 Å². The van der Waals surface area contributed by atoms with E-state index in [2.05, 4.69) is 6.58 Å². The molecular formula is C17H12O5. The molecule has 0 aromatic heterocycles. The summed E-state index contributed by atoms with van der Waals surface area (Å²) in [6.45, 7) is 3.60. The van der Waals surface area contributed by atoms with Crippen molar-refractivity contribution >= 4 is 11.9 Å². The van der Waals surface area contributed by atoms with E-state index in [0.29, 0.717) is 5.56 Å². The van der Waals surface area contributed by atoms with Gasteiger partial charge in [-0.1, -0.05) is 18.2 Å². The van der Waals surface area contributed by atoms with Gasteiger partial charge in [0.1, 0.15) is 5.75 Å². The molecule has 3 rings (SSSR count). The van der Waals surface area contributed by atoms with Gasteiger partial charge >= 0.3 is 11.9 Å². The van der Waals surface area contributed by atoms with Crippen LogP contribution in [0.3, 0.4) is 0 Å². The SMILES string of the molecule is C=CCc1c(O)ccc2c1OC(=O)c1ccccc1C(=O)O2. The van der Waals surface area contributed by atoms with Gasteiger partial charge in [-0.05, 0) is 30.7 Å². The Morgan fingerprint density at radius 1 is 1.00 bits per heavy atom. The predicted molar refractivity (Wildman–Crippen MR) is 78.4 cm³/mol. The lowest BCUT2D eigenvalue weighted by molar-refractivity contribution is 0.0646. The molecule has 0 saturated carbocycles. The van der Waals surface area contributed by atoms with E-state index in [1.165, 1.54) is 24.3 Å². The van der Waals surface area contributed by atoms with Crippen LogP contribution in [-0.4, -0.2) is 17.0 Å². The molecule has 5 heteroatoms. The molecule has 2 aromatic carbocycles. The Labute approximate surface area is 126 Å². The smallest absolute Gasteiger partial charge is 0.344 e. The molecule has 1 aliphatic heterocycles. The van der Waals surface area contributed by atoms with Crippen molar-refractivity contribution in [2.45, 2.75) is 6.42 Å². The molecule has 0 fully saturated rings. The molecule has 0 saturated heterocycles. The summed E-state index contributed by atoms with van der Waals surface area (Å²) in [5.74, 6) is -1.26. The summed E-state index contributed by atoms with van der Waals surface area (Å²) >= 11 is 0. The Balaban J connectivity index is 2.18. The second-order valence-electron chi connectivity index (χ2n) is 4.71. The number of phenolic OH excluding ortho intramolecular Hbond substituents is 1. The molecule has 1 heterocycles. The van der Waals surface area contributed by atoms with E-state index in [1.807, 2.05) is 0 Å². The molecule has 5 nitrogen and oxygen atoms in total. The quantitative estimate of drug-likeness (QED) is 0.524. The van der Waals surface area contributed by atoms with Crippen molar-refractivity contribution < 1.29 is 24.2 Å². The highest BCUT2D eigenvalue weighted by Crippen LogP contribution is 2.39. The zero-order valence-electron chi connectivity index (χ0n) is 11.5. The minimum absolute atomic E-state index is 0.0350. The molecule has 0 radical (unpaired) electrons. The minimum Gasteiger partial charge on any atom is -0.508 e. The molecule has 110 valence electrons. The summed E-state index contributed by atoms with van der Waals surface area (Å²) in [4.78, 5) is 24.5. The van der Waals surface area contributed by atoms with E-state index in [9.17, 15) is 14.7 Å². The maximum absolute atomic E-state index is 12.3. The molecule has 0 amide bonds. The molecule has 0 bridgehead atoms. The highest BCUT2D eigenvalue weighted by atomic mass is 16.6. The van der Waals surface area contributed by atoms with Crippen molar-refractivity contribution in [3.63, 3.8) is 0 Å². The Kier molecular flexibility index (Phi) is 3.39. The van der Waals surface area contributed by atoms with Gasteiger partial charge in [-0.15, -0.1) is 6.58 Å². The fraction of sp³-hybridized carbons (Fsp3) is 0.0588. The van der Waals surface area contributed by atoms with Crippen LogP contribution in [0.4, 0.5) is 0 Å². The van der Waals surface area contributed by atoms with Crippen molar-refractivity contribution in [1.82, 2.24) is 0 Å². The van der Waals surface area contributed by atoms with Crippen LogP contribution in [0.25, 0.3) is 0 Å². The van der Waals surface area contributed by atoms with Gasteiger partial charge < -0.3 is 14.6 Å². The highest BCUT2D eigenvalue weighted by Gasteiger charge is 2.27. The number of benzene rings is 2. The molecule has 1 N–H and O–H groups in total. The largest absolute Gasteiger partial charge is 0.508 e. The third kappa shape index (κ3) is 2.22. The van der Waals surface area contributed by atoms with Gasteiger partial charge in [0, 0.05) is 5.56 Å². The number of allylic oxidation sites excluding steroid dienone is 1. The maximum atomic E-state index is 12.3. The fourth-order valence-electron chi connectivity index (χ4n) is 2.27. The van der Waals surface area contributed by atoms with E-state index in [4.69, 9.17) is 9.47 Å². The lowest BCUT2D eigenvalue weighted by Crippen LogP contribution is -2.21. The summed E-state index contributed by atoms with van der Waals surface area (Å²) in [5.41, 5.74) is 0.593. The third-order valence-corrected chi connectivity index (χ3v) is 3.31. The van der Waals surface area contributed by atoms with Gasteiger partial charge in [-0.3, -0.25) is 0 Å². The average Bonchev–Trinajstić information content (AvgIpc) is 2.52. The van der Waals surface area contributed by atoms with Crippen LogP contribution in [0.5, 0.6) is 17.2 Å². The lowest BCUT2D eigenvalue weighted by Gasteiger charge is -2.18. The van der Waals surface area contributed by atoms with Gasteiger partial charge in [0.05, 0.1) is 11.1 Å². The van der Waals surface area contributed by atoms with Crippen LogP contribution < -0.4 is 9.47 Å². The molecule has 2 aromatic rings. The molecule has 0 atom stereocenters. The lowest BCUT2D eigenvalue weighted by atomic mass is 10.1. The van der Waals surface area contributed by atoms with Crippen LogP contribution in [0.2, 0.25) is 0 Å². The van der Waals surface area contributed by atoms with Crippen LogP contribution in [0.1, 0.15) is 26.3 Å². The third-order valence-electron chi connectivity index (χ3n) is 3.31. The molecule has 0 unspecified atom stereocenters. The monoisotopic (exact) mass is 296 g/mol. The Morgan fingerprint density at radius 3 is 2.27 bits per heavy atom. The second-order valence-corrected chi connectivity index (χ2v) is 4.71. The number of rotatable bonds is 2. The summed E-state index contributed by atoms with van der Waals surface area (Å²) in [6, 6.07) is 9.01. The first kappa shape index (κ1) is 13.9. The minimum atomic E-state index is -0.676. The Morgan fingerprint density at radius 2 is 1.64 bits per heavy atom. The van der Waals surface area contributed by atoms with Gasteiger partial charge in [0.25, 0.3) is 0 Å². The van der Waals surface area contributed by atoms with E-state index in [0.717, 1.165) is 0 Å². The zero-order chi connectivity index (χ0) is 15.7. The summed E-state index contributed by atoms with van der Waals surface area (Å²) in [6.07, 6.45) is 1.82. The number of esters is 2. The number of fused-ring (bicyclic) bond motifs is 2. The van der Waals surface area contributed by atoms with E-state index in [-0.39, 0.29) is 34.8 Å². The van der Waals surface area contributed by atoms with Gasteiger partial charge in [-0.2, -0.15) is 0 Å². The molecular weight excluding hydrogens is 284 g/mol. The first-order valence-electron chi connectivity index (χ1n) is 6.61. The molecule has 22 heavy (non-hydrogen) atoms. The number of carbonyl (C=O) groups is 2. The zero-order valence-corrected chi connectivity index (χ0v) is 11.5. The van der Waals surface area contributed by atoms with Crippen molar-refractivity contribution in [3.05, 3.63) is 65.7 Å². The molecule has 0 aliphatic carbocycles. The van der Waals surface area contributed by atoms with Gasteiger partial charge in [0.2, 0.25) is 0 Å². The van der Waals surface area contributed by atoms with Crippen LogP contribution >= 0.6 is 0 Å². The second kappa shape index (κ2) is 5.37. The number of carbonyl (C=O) groups excluding carboxylic acids is 2. The van der Waals surface area contributed by atoms with Crippen molar-refractivity contribution in [1.29, 1.82) is 0 Å². The first-order valence-corrected chi connectivity index (χ1v) is 6.61. The van der Waals surface area contributed by atoms with Crippen LogP contribution in [0, 0.1) is 0 Å². The topological polar surface area (TPSA) is 72.8 Å². The summed E-state index contributed by atoms with van der Waals surface area (Å²) in [5, 5.41) is 9.93.